The Hall–Kier alpha value is -1.19. The number of sulfonamides is 1. The molecule has 2 N–H and O–H groups in total. The van der Waals surface area contributed by atoms with Gasteiger partial charge in [-0.05, 0) is 17.7 Å². The fourth-order valence-electron chi connectivity index (χ4n) is 1.90. The van der Waals surface area contributed by atoms with Crippen LogP contribution in [0.15, 0.2) is 23.1 Å². The zero-order valence-corrected chi connectivity index (χ0v) is 12.0. The standard InChI is InChI=1S/C12H18N2O5S/c1-18-11-3-2-10(9-15)8-12(11)20(16,17)13-14-4-6-19-7-5-14/h2-3,8,13,15H,4-7,9H2,1H3. The number of benzene rings is 1. The normalized spacial score (nSPS) is 17.1. The lowest BCUT2D eigenvalue weighted by Gasteiger charge is -2.27. The number of hydrazine groups is 1. The molecule has 1 heterocycles. The number of nitrogens with zero attached hydrogens (tertiary/aromatic N) is 1. The summed E-state index contributed by atoms with van der Waals surface area (Å²) in [5.41, 5.74) is 0.508. The van der Waals surface area contributed by atoms with Crippen LogP contribution in [0.25, 0.3) is 0 Å². The number of nitrogens with one attached hydrogen (secondary N) is 1. The highest BCUT2D eigenvalue weighted by Crippen LogP contribution is 2.25. The predicted molar refractivity (Wildman–Crippen MR) is 71.6 cm³/mol. The highest BCUT2D eigenvalue weighted by atomic mass is 32.2. The van der Waals surface area contributed by atoms with Crippen LogP contribution in [0.4, 0.5) is 0 Å². The van der Waals surface area contributed by atoms with E-state index in [-0.39, 0.29) is 17.3 Å². The SMILES string of the molecule is COc1ccc(CO)cc1S(=O)(=O)NN1CCOCC1. The molecule has 1 saturated heterocycles. The molecule has 0 bridgehead atoms. The summed E-state index contributed by atoms with van der Waals surface area (Å²) in [7, 11) is -2.35. The number of hydrogen-bond donors (Lipinski definition) is 2. The molecule has 112 valence electrons. The number of ether oxygens (including phenoxy) is 2. The number of morpholine rings is 1. The van der Waals surface area contributed by atoms with E-state index < -0.39 is 10.0 Å². The average molecular weight is 302 g/mol. The molecular formula is C12H18N2O5S. The van der Waals surface area contributed by atoms with Crippen molar-refractivity contribution in [3.63, 3.8) is 0 Å². The van der Waals surface area contributed by atoms with Crippen LogP contribution >= 0.6 is 0 Å². The fraction of sp³-hybridized carbons (Fsp3) is 0.500. The molecule has 20 heavy (non-hydrogen) atoms. The average Bonchev–Trinajstić information content (AvgIpc) is 2.47. The monoisotopic (exact) mass is 302 g/mol. The van der Waals surface area contributed by atoms with Crippen LogP contribution < -0.4 is 9.57 Å². The molecule has 0 spiro atoms. The van der Waals surface area contributed by atoms with Crippen LogP contribution in [0.1, 0.15) is 5.56 Å². The first kappa shape index (κ1) is 15.2. The molecule has 1 aromatic carbocycles. The maximum Gasteiger partial charge on any atom is 0.257 e. The van der Waals surface area contributed by atoms with Gasteiger partial charge in [-0.1, -0.05) is 6.07 Å². The molecule has 0 saturated carbocycles. The van der Waals surface area contributed by atoms with E-state index in [2.05, 4.69) is 4.83 Å². The van der Waals surface area contributed by atoms with Crippen LogP contribution in [-0.4, -0.2) is 51.9 Å². The predicted octanol–water partition coefficient (Wildman–Crippen LogP) is -0.287. The van der Waals surface area contributed by atoms with Crippen molar-refractivity contribution in [2.24, 2.45) is 0 Å². The molecular weight excluding hydrogens is 284 g/mol. The molecule has 1 aromatic rings. The van der Waals surface area contributed by atoms with Gasteiger partial charge in [-0.3, -0.25) is 0 Å². The van der Waals surface area contributed by atoms with Crippen LogP contribution in [0.3, 0.4) is 0 Å². The Morgan fingerprint density at radius 2 is 2.10 bits per heavy atom. The number of rotatable bonds is 5. The molecule has 0 radical (unpaired) electrons. The van der Waals surface area contributed by atoms with Gasteiger partial charge in [0.05, 0.1) is 26.9 Å². The van der Waals surface area contributed by atoms with E-state index in [1.807, 2.05) is 0 Å². The van der Waals surface area contributed by atoms with E-state index in [1.54, 1.807) is 11.1 Å². The summed E-state index contributed by atoms with van der Waals surface area (Å²) in [4.78, 5) is 2.51. The molecule has 0 unspecified atom stereocenters. The van der Waals surface area contributed by atoms with Crippen LogP contribution in [0.2, 0.25) is 0 Å². The van der Waals surface area contributed by atoms with Crippen molar-refractivity contribution >= 4 is 10.0 Å². The zero-order chi connectivity index (χ0) is 14.6. The third-order valence-electron chi connectivity index (χ3n) is 2.96. The minimum atomic E-state index is -3.75. The number of hydrogen-bond acceptors (Lipinski definition) is 6. The topological polar surface area (TPSA) is 88.1 Å². The molecule has 0 aliphatic carbocycles. The molecule has 8 heteroatoms. The van der Waals surface area contributed by atoms with Crippen LogP contribution in [-0.2, 0) is 21.4 Å². The van der Waals surface area contributed by atoms with Gasteiger partial charge in [0.2, 0.25) is 0 Å². The molecule has 1 aliphatic rings. The van der Waals surface area contributed by atoms with E-state index >= 15 is 0 Å². The van der Waals surface area contributed by atoms with Crippen molar-refractivity contribution < 1.29 is 23.0 Å². The van der Waals surface area contributed by atoms with Crippen molar-refractivity contribution in [3.8, 4) is 5.75 Å². The van der Waals surface area contributed by atoms with Crippen LogP contribution in [0, 0.1) is 0 Å². The second kappa shape index (κ2) is 6.51. The molecule has 1 aliphatic heterocycles. The zero-order valence-electron chi connectivity index (χ0n) is 11.2. The Bertz CT molecular complexity index is 555. The summed E-state index contributed by atoms with van der Waals surface area (Å²) >= 11 is 0. The van der Waals surface area contributed by atoms with E-state index in [9.17, 15) is 8.42 Å². The van der Waals surface area contributed by atoms with Gasteiger partial charge in [0.1, 0.15) is 10.6 Å². The van der Waals surface area contributed by atoms with Gasteiger partial charge in [-0.15, -0.1) is 4.83 Å². The highest BCUT2D eigenvalue weighted by Gasteiger charge is 2.24. The first-order valence-corrected chi connectivity index (χ1v) is 7.68. The van der Waals surface area contributed by atoms with Crippen molar-refractivity contribution in [2.45, 2.75) is 11.5 Å². The van der Waals surface area contributed by atoms with Crippen LogP contribution in [0.5, 0.6) is 5.75 Å². The largest absolute Gasteiger partial charge is 0.495 e. The maximum atomic E-state index is 12.4. The second-order valence-corrected chi connectivity index (χ2v) is 5.97. The molecule has 0 aromatic heterocycles. The third-order valence-corrected chi connectivity index (χ3v) is 4.36. The van der Waals surface area contributed by atoms with Crippen molar-refractivity contribution in [1.29, 1.82) is 0 Å². The minimum Gasteiger partial charge on any atom is -0.495 e. The van der Waals surface area contributed by atoms with Gasteiger partial charge < -0.3 is 14.6 Å². The summed E-state index contributed by atoms with van der Waals surface area (Å²) in [6.45, 7) is 1.71. The number of methoxy groups -OCH3 is 1. The van der Waals surface area contributed by atoms with Gasteiger partial charge in [0.25, 0.3) is 10.0 Å². The van der Waals surface area contributed by atoms with Gasteiger partial charge in [-0.25, -0.2) is 13.4 Å². The summed E-state index contributed by atoms with van der Waals surface area (Å²) in [5, 5.41) is 10.7. The third kappa shape index (κ3) is 3.47. The summed E-state index contributed by atoms with van der Waals surface area (Å²) < 4.78 is 35.0. The lowest BCUT2D eigenvalue weighted by Crippen LogP contribution is -2.48. The Balaban J connectivity index is 2.27. The quantitative estimate of drug-likeness (QED) is 0.777. The van der Waals surface area contributed by atoms with Gasteiger partial charge in [-0.2, -0.15) is 0 Å². The molecule has 1 fully saturated rings. The Labute approximate surface area is 118 Å². The molecule has 0 amide bonds. The summed E-state index contributed by atoms with van der Waals surface area (Å²) in [5.74, 6) is 0.239. The van der Waals surface area contributed by atoms with Gasteiger partial charge in [0.15, 0.2) is 0 Å². The van der Waals surface area contributed by atoms with E-state index in [1.165, 1.54) is 19.2 Å². The van der Waals surface area contributed by atoms with Crippen molar-refractivity contribution in [2.75, 3.05) is 33.4 Å². The molecule has 7 nitrogen and oxygen atoms in total. The van der Waals surface area contributed by atoms with E-state index in [4.69, 9.17) is 14.6 Å². The van der Waals surface area contributed by atoms with Crippen molar-refractivity contribution in [1.82, 2.24) is 9.84 Å². The Morgan fingerprint density at radius 3 is 2.70 bits per heavy atom. The van der Waals surface area contributed by atoms with Crippen molar-refractivity contribution in [3.05, 3.63) is 23.8 Å². The lowest BCUT2D eigenvalue weighted by atomic mass is 10.2. The number of aliphatic hydroxyl groups is 1. The first-order chi connectivity index (χ1) is 9.56. The lowest BCUT2D eigenvalue weighted by molar-refractivity contribution is 0.0272. The summed E-state index contributed by atoms with van der Waals surface area (Å²) in [6.07, 6.45) is 0. The number of aliphatic hydroxyl groups excluding tert-OH is 1. The smallest absolute Gasteiger partial charge is 0.257 e. The second-order valence-electron chi connectivity index (χ2n) is 4.34. The maximum absolute atomic E-state index is 12.4. The molecule has 0 atom stereocenters. The Morgan fingerprint density at radius 1 is 1.40 bits per heavy atom. The molecule has 2 rings (SSSR count). The van der Waals surface area contributed by atoms with Gasteiger partial charge in [0, 0.05) is 13.1 Å². The minimum absolute atomic E-state index is 0.0121. The first-order valence-electron chi connectivity index (χ1n) is 6.20. The Kier molecular flexibility index (Phi) is 4.95. The van der Waals surface area contributed by atoms with E-state index in [0.717, 1.165) is 0 Å². The van der Waals surface area contributed by atoms with Gasteiger partial charge >= 0.3 is 0 Å². The van der Waals surface area contributed by atoms with E-state index in [0.29, 0.717) is 31.9 Å². The summed E-state index contributed by atoms with van der Waals surface area (Å²) in [6, 6.07) is 4.55. The highest BCUT2D eigenvalue weighted by molar-refractivity contribution is 7.89. The fourth-order valence-corrected chi connectivity index (χ4v) is 3.25.